The third kappa shape index (κ3) is 23.1. The van der Waals surface area contributed by atoms with E-state index in [0.29, 0.717) is 26.4 Å². The van der Waals surface area contributed by atoms with Crippen molar-refractivity contribution in [2.75, 3.05) is 39.6 Å². The van der Waals surface area contributed by atoms with Crippen molar-refractivity contribution in [1.29, 1.82) is 0 Å². The van der Waals surface area contributed by atoms with Crippen LogP contribution in [0.1, 0.15) is 137 Å². The van der Waals surface area contributed by atoms with E-state index in [-0.39, 0.29) is 0 Å². The van der Waals surface area contributed by atoms with Gasteiger partial charge in [-0.05, 0) is 31.1 Å². The Bertz CT molecular complexity index is 286. The summed E-state index contributed by atoms with van der Waals surface area (Å²) in [5.41, 5.74) is 0. The summed E-state index contributed by atoms with van der Waals surface area (Å²) in [5, 5.41) is 0. The van der Waals surface area contributed by atoms with Crippen LogP contribution in [0.4, 0.5) is 0 Å². The zero-order chi connectivity index (χ0) is 23.5. The third-order valence-corrected chi connectivity index (χ3v) is 6.66. The minimum atomic E-state index is 0.689. The van der Waals surface area contributed by atoms with E-state index in [4.69, 9.17) is 14.2 Å². The van der Waals surface area contributed by atoms with E-state index >= 15 is 0 Å². The maximum absolute atomic E-state index is 5.77. The van der Waals surface area contributed by atoms with Crippen molar-refractivity contribution in [2.24, 2.45) is 11.8 Å². The fourth-order valence-corrected chi connectivity index (χ4v) is 4.49. The van der Waals surface area contributed by atoms with E-state index in [1.165, 1.54) is 109 Å². The lowest BCUT2D eigenvalue weighted by Crippen LogP contribution is -2.11. The van der Waals surface area contributed by atoms with Crippen molar-refractivity contribution in [3.63, 3.8) is 0 Å². The monoisotopic (exact) mass is 456 g/mol. The topological polar surface area (TPSA) is 27.7 Å². The van der Waals surface area contributed by atoms with E-state index < -0.39 is 0 Å². The van der Waals surface area contributed by atoms with Crippen LogP contribution in [0.15, 0.2) is 0 Å². The van der Waals surface area contributed by atoms with Crippen LogP contribution in [0.25, 0.3) is 0 Å². The van der Waals surface area contributed by atoms with Gasteiger partial charge >= 0.3 is 0 Å². The second kappa shape index (κ2) is 27.1. The van der Waals surface area contributed by atoms with Gasteiger partial charge in [0.2, 0.25) is 0 Å². The van der Waals surface area contributed by atoms with E-state index in [2.05, 4.69) is 27.7 Å². The second-order valence-corrected chi connectivity index (χ2v) is 9.78. The molecule has 0 aliphatic heterocycles. The lowest BCUT2D eigenvalue weighted by Gasteiger charge is -2.16. The van der Waals surface area contributed by atoms with Crippen molar-refractivity contribution in [1.82, 2.24) is 0 Å². The molecule has 0 bridgehead atoms. The Kier molecular flexibility index (Phi) is 27.0. The highest BCUT2D eigenvalue weighted by Gasteiger charge is 2.08. The second-order valence-electron chi connectivity index (χ2n) is 9.78. The number of hydrogen-bond donors (Lipinski definition) is 0. The van der Waals surface area contributed by atoms with Crippen LogP contribution in [0, 0.1) is 11.8 Å². The molecule has 0 atom stereocenters. The van der Waals surface area contributed by atoms with Gasteiger partial charge in [-0.2, -0.15) is 0 Å². The van der Waals surface area contributed by atoms with Crippen LogP contribution >= 0.6 is 0 Å². The highest BCUT2D eigenvalue weighted by molar-refractivity contribution is 4.61. The minimum Gasteiger partial charge on any atom is -0.379 e. The SMILES string of the molecule is CCCCC(CCCC)CCCCOCCOCCOCCCC(CCCC)CCCC. The summed E-state index contributed by atoms with van der Waals surface area (Å²) >= 11 is 0. The molecule has 3 heteroatoms. The zero-order valence-corrected chi connectivity index (χ0v) is 22.6. The largest absolute Gasteiger partial charge is 0.379 e. The first-order valence-corrected chi connectivity index (χ1v) is 14.5. The van der Waals surface area contributed by atoms with Gasteiger partial charge in [-0.3, -0.25) is 0 Å². The predicted molar refractivity (Wildman–Crippen MR) is 141 cm³/mol. The van der Waals surface area contributed by atoms with Crippen molar-refractivity contribution in [3.8, 4) is 0 Å². The fraction of sp³-hybridized carbons (Fsp3) is 1.00. The Hall–Kier alpha value is -0.120. The lowest BCUT2D eigenvalue weighted by atomic mass is 9.91. The first kappa shape index (κ1) is 31.9. The van der Waals surface area contributed by atoms with Crippen LogP contribution in [0.5, 0.6) is 0 Å². The molecule has 0 unspecified atom stereocenters. The van der Waals surface area contributed by atoms with Crippen molar-refractivity contribution in [3.05, 3.63) is 0 Å². The van der Waals surface area contributed by atoms with E-state index in [1.54, 1.807) is 0 Å². The maximum atomic E-state index is 5.77. The summed E-state index contributed by atoms with van der Waals surface area (Å²) in [4.78, 5) is 0. The Labute approximate surface area is 202 Å². The molecule has 0 amide bonds. The van der Waals surface area contributed by atoms with Gasteiger partial charge in [-0.15, -0.1) is 0 Å². The van der Waals surface area contributed by atoms with Gasteiger partial charge in [-0.1, -0.05) is 118 Å². The molecule has 0 rings (SSSR count). The summed E-state index contributed by atoms with van der Waals surface area (Å²) in [5.74, 6) is 1.85. The van der Waals surface area contributed by atoms with Crippen LogP contribution in [0.3, 0.4) is 0 Å². The molecular formula is C29H60O3. The Balaban J connectivity index is 3.44. The highest BCUT2D eigenvalue weighted by Crippen LogP contribution is 2.22. The normalized spacial score (nSPS) is 11.8. The smallest absolute Gasteiger partial charge is 0.0701 e. The van der Waals surface area contributed by atoms with Crippen molar-refractivity contribution >= 4 is 0 Å². The molecule has 0 aromatic carbocycles. The molecule has 194 valence electrons. The molecule has 0 radical (unpaired) electrons. The molecule has 0 aromatic heterocycles. The summed E-state index contributed by atoms with van der Waals surface area (Å²) < 4.78 is 17.2. The van der Waals surface area contributed by atoms with E-state index in [1.807, 2.05) is 0 Å². The highest BCUT2D eigenvalue weighted by atomic mass is 16.5. The van der Waals surface area contributed by atoms with E-state index in [0.717, 1.165) is 25.0 Å². The quantitative estimate of drug-likeness (QED) is 0.115. The standard InChI is InChI=1S/C29H60O3/c1-5-9-16-28(17-10-6-2)20-13-14-22-30-24-26-32-27-25-31-23-15-21-29(18-11-7-3)19-12-8-4/h28-29H,5-27H2,1-4H3. The lowest BCUT2D eigenvalue weighted by molar-refractivity contribution is 0.0126. The summed E-state index contributed by atoms with van der Waals surface area (Å²) in [6.07, 6.45) is 22.9. The first-order valence-electron chi connectivity index (χ1n) is 14.5. The number of ether oxygens (including phenoxy) is 3. The molecule has 0 spiro atoms. The van der Waals surface area contributed by atoms with Crippen molar-refractivity contribution in [2.45, 2.75) is 137 Å². The van der Waals surface area contributed by atoms with Gasteiger partial charge in [0.25, 0.3) is 0 Å². The van der Waals surface area contributed by atoms with Crippen LogP contribution in [0.2, 0.25) is 0 Å². The molecule has 0 saturated heterocycles. The zero-order valence-electron chi connectivity index (χ0n) is 22.6. The molecular weight excluding hydrogens is 396 g/mol. The summed E-state index contributed by atoms with van der Waals surface area (Å²) in [7, 11) is 0. The molecule has 0 aromatic rings. The predicted octanol–water partition coefficient (Wildman–Crippen LogP) is 8.98. The van der Waals surface area contributed by atoms with Crippen molar-refractivity contribution < 1.29 is 14.2 Å². The maximum Gasteiger partial charge on any atom is 0.0701 e. The van der Waals surface area contributed by atoms with Gasteiger partial charge in [0.1, 0.15) is 0 Å². The van der Waals surface area contributed by atoms with E-state index in [9.17, 15) is 0 Å². The van der Waals surface area contributed by atoms with Crippen LogP contribution in [-0.4, -0.2) is 39.6 Å². The van der Waals surface area contributed by atoms with Gasteiger partial charge in [-0.25, -0.2) is 0 Å². The van der Waals surface area contributed by atoms with Gasteiger partial charge < -0.3 is 14.2 Å². The molecule has 0 saturated carbocycles. The Morgan fingerprint density at radius 1 is 0.344 bits per heavy atom. The molecule has 32 heavy (non-hydrogen) atoms. The first-order chi connectivity index (χ1) is 15.8. The molecule has 0 fully saturated rings. The number of unbranched alkanes of at least 4 members (excludes halogenated alkanes) is 5. The number of rotatable bonds is 27. The average molecular weight is 457 g/mol. The molecule has 0 aliphatic rings. The van der Waals surface area contributed by atoms with Gasteiger partial charge in [0, 0.05) is 13.2 Å². The molecule has 0 N–H and O–H groups in total. The van der Waals surface area contributed by atoms with Gasteiger partial charge in [0.15, 0.2) is 0 Å². The average Bonchev–Trinajstić information content (AvgIpc) is 2.81. The fourth-order valence-electron chi connectivity index (χ4n) is 4.49. The molecule has 0 aliphatic carbocycles. The molecule has 3 nitrogen and oxygen atoms in total. The third-order valence-electron chi connectivity index (χ3n) is 6.66. The molecule has 0 heterocycles. The number of hydrogen-bond acceptors (Lipinski definition) is 3. The summed E-state index contributed by atoms with van der Waals surface area (Å²) in [6.45, 7) is 13.8. The van der Waals surface area contributed by atoms with Crippen LogP contribution in [-0.2, 0) is 14.2 Å². The Morgan fingerprint density at radius 2 is 0.656 bits per heavy atom. The van der Waals surface area contributed by atoms with Gasteiger partial charge in [0.05, 0.1) is 26.4 Å². The Morgan fingerprint density at radius 3 is 1.06 bits per heavy atom. The van der Waals surface area contributed by atoms with Crippen LogP contribution < -0.4 is 0 Å². The summed E-state index contributed by atoms with van der Waals surface area (Å²) in [6, 6.07) is 0. The minimum absolute atomic E-state index is 0.689.